The molecule has 0 fully saturated rings. The fourth-order valence-electron chi connectivity index (χ4n) is 2.20. The highest BCUT2D eigenvalue weighted by molar-refractivity contribution is 7.16. The second kappa shape index (κ2) is 4.97. The molecule has 96 valence electrons. The zero-order valence-electron chi connectivity index (χ0n) is 10.6. The van der Waals surface area contributed by atoms with Gasteiger partial charge in [0.05, 0.1) is 10.4 Å². The van der Waals surface area contributed by atoms with Gasteiger partial charge in [0.2, 0.25) is 0 Å². The Labute approximate surface area is 121 Å². The van der Waals surface area contributed by atoms with Crippen molar-refractivity contribution in [1.82, 2.24) is 0 Å². The van der Waals surface area contributed by atoms with Crippen molar-refractivity contribution in [2.24, 2.45) is 5.73 Å². The first kappa shape index (κ1) is 12.7. The minimum absolute atomic E-state index is 0.110. The van der Waals surface area contributed by atoms with Crippen LogP contribution in [0.1, 0.15) is 22.0 Å². The summed E-state index contributed by atoms with van der Waals surface area (Å²) in [4.78, 5) is 1.11. The first-order chi connectivity index (χ1) is 9.15. The number of fused-ring (bicyclic) bond motifs is 1. The molecule has 3 heteroatoms. The maximum Gasteiger partial charge on any atom is 0.0961 e. The predicted molar refractivity (Wildman–Crippen MR) is 84.0 cm³/mol. The molecule has 2 N–H and O–H groups in total. The zero-order valence-corrected chi connectivity index (χ0v) is 12.1. The Hall–Kier alpha value is -1.35. The lowest BCUT2D eigenvalue weighted by Crippen LogP contribution is -2.09. The van der Waals surface area contributed by atoms with E-state index in [2.05, 4.69) is 36.4 Å². The molecule has 0 aliphatic carbocycles. The van der Waals surface area contributed by atoms with E-state index in [1.807, 2.05) is 19.1 Å². The Morgan fingerprint density at radius 1 is 1.05 bits per heavy atom. The van der Waals surface area contributed by atoms with Crippen LogP contribution in [0.15, 0.2) is 48.5 Å². The highest BCUT2D eigenvalue weighted by Crippen LogP contribution is 2.33. The SMILES string of the molecule is Cc1cc(C(N)c2ccc3ccccc3c2)sc1Cl. The summed E-state index contributed by atoms with van der Waals surface area (Å²) in [6.45, 7) is 2.01. The molecule has 2 aromatic carbocycles. The quantitative estimate of drug-likeness (QED) is 0.712. The van der Waals surface area contributed by atoms with Crippen molar-refractivity contribution >= 4 is 33.7 Å². The van der Waals surface area contributed by atoms with Crippen LogP contribution in [0.3, 0.4) is 0 Å². The monoisotopic (exact) mass is 287 g/mol. The van der Waals surface area contributed by atoms with E-state index in [1.165, 1.54) is 10.8 Å². The van der Waals surface area contributed by atoms with Crippen molar-refractivity contribution in [3.8, 4) is 0 Å². The molecule has 1 unspecified atom stereocenters. The second-order valence-corrected chi connectivity index (χ2v) is 6.38. The summed E-state index contributed by atoms with van der Waals surface area (Å²) in [7, 11) is 0. The van der Waals surface area contributed by atoms with Gasteiger partial charge >= 0.3 is 0 Å². The van der Waals surface area contributed by atoms with Crippen LogP contribution >= 0.6 is 22.9 Å². The van der Waals surface area contributed by atoms with Crippen LogP contribution in [0.4, 0.5) is 0 Å². The molecular weight excluding hydrogens is 274 g/mol. The van der Waals surface area contributed by atoms with E-state index in [0.717, 1.165) is 20.3 Å². The Kier molecular flexibility index (Phi) is 3.31. The number of thiophene rings is 1. The molecule has 3 aromatic rings. The molecule has 0 saturated heterocycles. The Morgan fingerprint density at radius 3 is 2.47 bits per heavy atom. The van der Waals surface area contributed by atoms with Gasteiger partial charge < -0.3 is 5.73 Å². The smallest absolute Gasteiger partial charge is 0.0961 e. The molecule has 0 saturated carbocycles. The third kappa shape index (κ3) is 2.39. The first-order valence-electron chi connectivity index (χ1n) is 6.15. The van der Waals surface area contributed by atoms with E-state index in [1.54, 1.807) is 11.3 Å². The molecule has 0 radical (unpaired) electrons. The molecule has 1 nitrogen and oxygen atoms in total. The molecule has 1 aromatic heterocycles. The topological polar surface area (TPSA) is 26.0 Å². The maximum absolute atomic E-state index is 6.34. The number of hydrogen-bond donors (Lipinski definition) is 1. The molecular formula is C16H14ClNS. The molecule has 0 aliphatic rings. The van der Waals surface area contributed by atoms with E-state index in [-0.39, 0.29) is 6.04 Å². The highest BCUT2D eigenvalue weighted by atomic mass is 35.5. The van der Waals surface area contributed by atoms with Gasteiger partial charge in [-0.15, -0.1) is 11.3 Å². The van der Waals surface area contributed by atoms with E-state index in [9.17, 15) is 0 Å². The van der Waals surface area contributed by atoms with E-state index in [0.29, 0.717) is 0 Å². The molecule has 19 heavy (non-hydrogen) atoms. The van der Waals surface area contributed by atoms with Gasteiger partial charge in [-0.05, 0) is 41.0 Å². The molecule has 0 bridgehead atoms. The third-order valence-electron chi connectivity index (χ3n) is 3.32. The van der Waals surface area contributed by atoms with Crippen LogP contribution in [0.2, 0.25) is 4.34 Å². The summed E-state index contributed by atoms with van der Waals surface area (Å²) in [5.74, 6) is 0. The number of hydrogen-bond acceptors (Lipinski definition) is 2. The van der Waals surface area contributed by atoms with Gasteiger partial charge in [0.25, 0.3) is 0 Å². The van der Waals surface area contributed by atoms with Crippen LogP contribution < -0.4 is 5.73 Å². The van der Waals surface area contributed by atoms with E-state index >= 15 is 0 Å². The van der Waals surface area contributed by atoms with Gasteiger partial charge in [-0.25, -0.2) is 0 Å². The van der Waals surface area contributed by atoms with Gasteiger partial charge in [-0.2, -0.15) is 0 Å². The van der Waals surface area contributed by atoms with Crippen molar-refractivity contribution < 1.29 is 0 Å². The van der Waals surface area contributed by atoms with Gasteiger partial charge in [0.1, 0.15) is 0 Å². The summed E-state index contributed by atoms with van der Waals surface area (Å²) < 4.78 is 0.825. The Balaban J connectivity index is 2.03. The average molecular weight is 288 g/mol. The van der Waals surface area contributed by atoms with E-state index < -0.39 is 0 Å². The van der Waals surface area contributed by atoms with Crippen LogP contribution in [0.5, 0.6) is 0 Å². The number of benzene rings is 2. The summed E-state index contributed by atoms with van der Waals surface area (Å²) in [6.07, 6.45) is 0. The summed E-state index contributed by atoms with van der Waals surface area (Å²) in [5, 5.41) is 2.45. The van der Waals surface area contributed by atoms with Crippen LogP contribution in [0.25, 0.3) is 10.8 Å². The molecule has 1 heterocycles. The Bertz CT molecular complexity index is 713. The fraction of sp³-hybridized carbons (Fsp3) is 0.125. The summed E-state index contributed by atoms with van der Waals surface area (Å²) in [6, 6.07) is 16.6. The van der Waals surface area contributed by atoms with Crippen molar-refractivity contribution in [3.63, 3.8) is 0 Å². The number of aryl methyl sites for hydroxylation is 1. The van der Waals surface area contributed by atoms with Gasteiger partial charge in [0, 0.05) is 4.88 Å². The van der Waals surface area contributed by atoms with Crippen molar-refractivity contribution in [2.45, 2.75) is 13.0 Å². The van der Waals surface area contributed by atoms with Crippen LogP contribution in [-0.2, 0) is 0 Å². The van der Waals surface area contributed by atoms with Crippen LogP contribution in [0, 0.1) is 6.92 Å². The predicted octanol–water partition coefficient (Wildman–Crippen LogP) is 4.91. The summed E-state index contributed by atoms with van der Waals surface area (Å²) >= 11 is 7.68. The van der Waals surface area contributed by atoms with Gasteiger partial charge in [0.15, 0.2) is 0 Å². The first-order valence-corrected chi connectivity index (χ1v) is 7.35. The number of nitrogens with two attached hydrogens (primary N) is 1. The normalized spacial score (nSPS) is 12.8. The minimum atomic E-state index is -0.110. The molecule has 3 rings (SSSR count). The molecule has 0 amide bonds. The van der Waals surface area contributed by atoms with Gasteiger partial charge in [-0.3, -0.25) is 0 Å². The molecule has 1 atom stereocenters. The third-order valence-corrected chi connectivity index (χ3v) is 4.95. The fourth-order valence-corrected chi connectivity index (χ4v) is 3.45. The number of rotatable bonds is 2. The zero-order chi connectivity index (χ0) is 13.4. The minimum Gasteiger partial charge on any atom is -0.320 e. The second-order valence-electron chi connectivity index (χ2n) is 4.69. The van der Waals surface area contributed by atoms with Crippen LogP contribution in [-0.4, -0.2) is 0 Å². The van der Waals surface area contributed by atoms with Crippen molar-refractivity contribution in [1.29, 1.82) is 0 Å². The average Bonchev–Trinajstić information content (AvgIpc) is 2.77. The standard InChI is InChI=1S/C16H14ClNS/c1-10-8-14(19-16(10)17)15(18)13-7-6-11-4-2-3-5-12(11)9-13/h2-9,15H,18H2,1H3. The number of halogens is 1. The largest absolute Gasteiger partial charge is 0.320 e. The molecule has 0 aliphatic heterocycles. The summed E-state index contributed by atoms with van der Waals surface area (Å²) in [5.41, 5.74) is 8.56. The lowest BCUT2D eigenvalue weighted by Gasteiger charge is -2.11. The maximum atomic E-state index is 6.34. The van der Waals surface area contributed by atoms with Crippen molar-refractivity contribution in [2.75, 3.05) is 0 Å². The molecule has 0 spiro atoms. The van der Waals surface area contributed by atoms with Gasteiger partial charge in [-0.1, -0.05) is 48.0 Å². The highest BCUT2D eigenvalue weighted by Gasteiger charge is 2.13. The van der Waals surface area contributed by atoms with Crippen molar-refractivity contribution in [3.05, 3.63) is 68.9 Å². The van der Waals surface area contributed by atoms with E-state index in [4.69, 9.17) is 17.3 Å². The lowest BCUT2D eigenvalue weighted by atomic mass is 10.0. The lowest BCUT2D eigenvalue weighted by molar-refractivity contribution is 0.895. The Morgan fingerprint density at radius 2 is 1.79 bits per heavy atom.